The smallest absolute Gasteiger partial charge is 0.317 e. The van der Waals surface area contributed by atoms with E-state index in [1.165, 1.54) is 0 Å². The summed E-state index contributed by atoms with van der Waals surface area (Å²) in [5, 5.41) is 2.01. The normalized spacial score (nSPS) is 19.3. The number of carbonyl (C=O) groups excluding carboxylic acids is 1. The van der Waals surface area contributed by atoms with Crippen LogP contribution >= 0.6 is 11.3 Å². The zero-order chi connectivity index (χ0) is 11.4. The molecule has 4 heteroatoms. The fourth-order valence-electron chi connectivity index (χ4n) is 2.09. The van der Waals surface area contributed by atoms with Crippen molar-refractivity contribution < 1.29 is 14.3 Å². The van der Waals surface area contributed by atoms with E-state index in [1.807, 2.05) is 24.4 Å². The number of hydrogen-bond acceptors (Lipinski definition) is 4. The fraction of sp³-hybridized carbons (Fsp3) is 0.583. The molecule has 0 unspecified atom stereocenters. The largest absolute Gasteiger partial charge is 0.465 e. The molecule has 0 amide bonds. The van der Waals surface area contributed by atoms with Crippen molar-refractivity contribution in [1.82, 2.24) is 0 Å². The predicted molar refractivity (Wildman–Crippen MR) is 62.7 cm³/mol. The van der Waals surface area contributed by atoms with E-state index in [0.29, 0.717) is 19.8 Å². The standard InChI is InChI=1S/C12H16O3S/c1-2-15-11(13)12(5-7-14-8-6-12)10-4-3-9-16-10/h3-4,9H,2,5-8H2,1H3. The van der Waals surface area contributed by atoms with Crippen molar-refractivity contribution in [2.24, 2.45) is 0 Å². The lowest BCUT2D eigenvalue weighted by Gasteiger charge is -2.33. The Balaban J connectivity index is 2.28. The Labute approximate surface area is 99.4 Å². The number of carbonyl (C=O) groups is 1. The van der Waals surface area contributed by atoms with E-state index in [4.69, 9.17) is 9.47 Å². The summed E-state index contributed by atoms with van der Waals surface area (Å²) in [4.78, 5) is 13.3. The summed E-state index contributed by atoms with van der Waals surface area (Å²) >= 11 is 1.63. The maximum absolute atomic E-state index is 12.1. The first kappa shape index (κ1) is 11.6. The number of rotatable bonds is 3. The van der Waals surface area contributed by atoms with Gasteiger partial charge < -0.3 is 9.47 Å². The minimum atomic E-state index is -0.456. The van der Waals surface area contributed by atoms with Gasteiger partial charge >= 0.3 is 5.97 Å². The van der Waals surface area contributed by atoms with Crippen LogP contribution < -0.4 is 0 Å². The Bertz CT molecular complexity index is 339. The Morgan fingerprint density at radius 1 is 1.56 bits per heavy atom. The molecule has 2 heterocycles. The highest BCUT2D eigenvalue weighted by atomic mass is 32.1. The first-order valence-corrected chi connectivity index (χ1v) is 6.46. The van der Waals surface area contributed by atoms with Crippen LogP contribution in [0.5, 0.6) is 0 Å². The van der Waals surface area contributed by atoms with Crippen LogP contribution in [0.1, 0.15) is 24.6 Å². The molecule has 0 spiro atoms. The lowest BCUT2D eigenvalue weighted by molar-refractivity contribution is -0.154. The highest BCUT2D eigenvalue weighted by Gasteiger charge is 2.43. The van der Waals surface area contributed by atoms with Crippen LogP contribution in [0.3, 0.4) is 0 Å². The molecule has 0 aromatic carbocycles. The molecule has 0 aliphatic carbocycles. The van der Waals surface area contributed by atoms with Crippen LogP contribution in [-0.4, -0.2) is 25.8 Å². The lowest BCUT2D eigenvalue weighted by atomic mass is 9.79. The van der Waals surface area contributed by atoms with Crippen LogP contribution in [-0.2, 0) is 19.7 Å². The Morgan fingerprint density at radius 2 is 2.31 bits per heavy atom. The van der Waals surface area contributed by atoms with E-state index in [0.717, 1.165) is 17.7 Å². The second-order valence-electron chi connectivity index (χ2n) is 3.89. The molecule has 1 fully saturated rings. The van der Waals surface area contributed by atoms with Crippen molar-refractivity contribution in [2.45, 2.75) is 25.2 Å². The maximum atomic E-state index is 12.1. The van der Waals surface area contributed by atoms with Gasteiger partial charge in [-0.25, -0.2) is 0 Å². The van der Waals surface area contributed by atoms with Gasteiger partial charge in [0.25, 0.3) is 0 Å². The zero-order valence-electron chi connectivity index (χ0n) is 9.40. The van der Waals surface area contributed by atoms with Crippen LogP contribution in [0.2, 0.25) is 0 Å². The highest BCUT2D eigenvalue weighted by molar-refractivity contribution is 7.10. The Morgan fingerprint density at radius 3 is 2.88 bits per heavy atom. The van der Waals surface area contributed by atoms with Crippen LogP contribution in [0.15, 0.2) is 17.5 Å². The van der Waals surface area contributed by atoms with Crippen molar-refractivity contribution >= 4 is 17.3 Å². The summed E-state index contributed by atoms with van der Waals surface area (Å²) in [6.07, 6.45) is 1.46. The Hall–Kier alpha value is -0.870. The van der Waals surface area contributed by atoms with Crippen molar-refractivity contribution in [3.63, 3.8) is 0 Å². The average molecular weight is 240 g/mol. The van der Waals surface area contributed by atoms with E-state index in [1.54, 1.807) is 11.3 Å². The second kappa shape index (κ2) is 4.97. The molecular weight excluding hydrogens is 224 g/mol. The van der Waals surface area contributed by atoms with E-state index in [2.05, 4.69) is 0 Å². The average Bonchev–Trinajstić information content (AvgIpc) is 2.84. The molecule has 1 aliphatic rings. The summed E-state index contributed by atoms with van der Waals surface area (Å²) < 4.78 is 10.6. The molecule has 16 heavy (non-hydrogen) atoms. The van der Waals surface area contributed by atoms with Gasteiger partial charge in [0, 0.05) is 18.1 Å². The second-order valence-corrected chi connectivity index (χ2v) is 4.84. The Kier molecular flexibility index (Phi) is 3.61. The summed E-state index contributed by atoms with van der Waals surface area (Å²) in [5.41, 5.74) is -0.456. The number of ether oxygens (including phenoxy) is 2. The molecule has 1 aromatic heterocycles. The molecule has 1 aliphatic heterocycles. The molecule has 3 nitrogen and oxygen atoms in total. The van der Waals surface area contributed by atoms with Crippen molar-refractivity contribution in [1.29, 1.82) is 0 Å². The van der Waals surface area contributed by atoms with Gasteiger partial charge in [-0.05, 0) is 31.2 Å². The first-order valence-electron chi connectivity index (χ1n) is 5.58. The van der Waals surface area contributed by atoms with Gasteiger partial charge in [0.15, 0.2) is 0 Å². The van der Waals surface area contributed by atoms with Gasteiger partial charge in [0.1, 0.15) is 5.41 Å². The SMILES string of the molecule is CCOC(=O)C1(c2cccs2)CCOCC1. The predicted octanol–water partition coefficient (Wildman–Crippen LogP) is 2.36. The van der Waals surface area contributed by atoms with Crippen molar-refractivity contribution in [3.8, 4) is 0 Å². The number of thiophene rings is 1. The topological polar surface area (TPSA) is 35.5 Å². The van der Waals surface area contributed by atoms with Gasteiger partial charge in [-0.2, -0.15) is 0 Å². The summed E-state index contributed by atoms with van der Waals surface area (Å²) in [6.45, 7) is 3.56. The van der Waals surface area contributed by atoms with Crippen molar-refractivity contribution in [2.75, 3.05) is 19.8 Å². The molecule has 0 N–H and O–H groups in total. The minimum Gasteiger partial charge on any atom is -0.465 e. The molecule has 1 saturated heterocycles. The van der Waals surface area contributed by atoms with Crippen LogP contribution in [0.4, 0.5) is 0 Å². The molecular formula is C12H16O3S. The summed E-state index contributed by atoms with van der Waals surface area (Å²) in [7, 11) is 0. The maximum Gasteiger partial charge on any atom is 0.317 e. The quantitative estimate of drug-likeness (QED) is 0.761. The fourth-order valence-corrected chi connectivity index (χ4v) is 3.07. The molecule has 2 rings (SSSR count). The van der Waals surface area contributed by atoms with Crippen LogP contribution in [0.25, 0.3) is 0 Å². The molecule has 0 bridgehead atoms. The molecule has 88 valence electrons. The molecule has 0 radical (unpaired) electrons. The van der Waals surface area contributed by atoms with Gasteiger partial charge in [-0.3, -0.25) is 4.79 Å². The lowest BCUT2D eigenvalue weighted by Crippen LogP contribution is -2.42. The zero-order valence-corrected chi connectivity index (χ0v) is 10.2. The molecule has 1 aromatic rings. The number of esters is 1. The summed E-state index contributed by atoms with van der Waals surface area (Å²) in [5.74, 6) is -0.0965. The monoisotopic (exact) mass is 240 g/mol. The molecule has 0 atom stereocenters. The summed E-state index contributed by atoms with van der Waals surface area (Å²) in [6, 6.07) is 4.00. The van der Waals surface area contributed by atoms with Crippen molar-refractivity contribution in [3.05, 3.63) is 22.4 Å². The first-order chi connectivity index (χ1) is 7.79. The third-order valence-electron chi connectivity index (χ3n) is 3.01. The van der Waals surface area contributed by atoms with Crippen LogP contribution in [0, 0.1) is 0 Å². The third-order valence-corrected chi connectivity index (χ3v) is 4.08. The third kappa shape index (κ3) is 1.99. The highest BCUT2D eigenvalue weighted by Crippen LogP contribution is 2.38. The number of hydrogen-bond donors (Lipinski definition) is 0. The van der Waals surface area contributed by atoms with E-state index in [-0.39, 0.29) is 5.97 Å². The van der Waals surface area contributed by atoms with Gasteiger partial charge in [-0.1, -0.05) is 6.07 Å². The van der Waals surface area contributed by atoms with Gasteiger partial charge in [0.05, 0.1) is 6.61 Å². The van der Waals surface area contributed by atoms with Gasteiger partial charge in [0.2, 0.25) is 0 Å². The van der Waals surface area contributed by atoms with E-state index >= 15 is 0 Å². The molecule has 0 saturated carbocycles. The van der Waals surface area contributed by atoms with E-state index < -0.39 is 5.41 Å². The van der Waals surface area contributed by atoms with Gasteiger partial charge in [-0.15, -0.1) is 11.3 Å². The van der Waals surface area contributed by atoms with E-state index in [9.17, 15) is 4.79 Å². The minimum absolute atomic E-state index is 0.0965.